The molecule has 0 spiro atoms. The van der Waals surface area contributed by atoms with Crippen LogP contribution in [-0.2, 0) is 6.54 Å². The maximum absolute atomic E-state index is 12.5. The van der Waals surface area contributed by atoms with Crippen LogP contribution in [0.1, 0.15) is 28.5 Å². The molecule has 0 radical (unpaired) electrons. The van der Waals surface area contributed by atoms with Crippen molar-refractivity contribution in [2.24, 2.45) is 0 Å². The van der Waals surface area contributed by atoms with Crippen molar-refractivity contribution in [2.75, 3.05) is 7.11 Å². The third kappa shape index (κ3) is 2.56. The van der Waals surface area contributed by atoms with Crippen LogP contribution in [0.25, 0.3) is 0 Å². The molecule has 0 aliphatic carbocycles. The van der Waals surface area contributed by atoms with Gasteiger partial charge in [-0.15, -0.1) is 0 Å². The number of aryl methyl sites for hydroxylation is 2. The maximum Gasteiger partial charge on any atom is 0.212 e. The van der Waals surface area contributed by atoms with E-state index in [1.807, 2.05) is 19.9 Å². The second-order valence-electron chi connectivity index (χ2n) is 4.17. The van der Waals surface area contributed by atoms with Gasteiger partial charge in [0.05, 0.1) is 17.8 Å². The van der Waals surface area contributed by atoms with Gasteiger partial charge in [0.1, 0.15) is 11.4 Å². The zero-order valence-corrected chi connectivity index (χ0v) is 12.7. The SMILES string of the molecule is CCn1ncc(Br)c1C(=O)c1ccc(C)c(OC)c1. The van der Waals surface area contributed by atoms with E-state index in [1.54, 1.807) is 30.1 Å². The van der Waals surface area contributed by atoms with Crippen molar-refractivity contribution >= 4 is 21.7 Å². The third-order valence-corrected chi connectivity index (χ3v) is 3.56. The smallest absolute Gasteiger partial charge is 0.212 e. The van der Waals surface area contributed by atoms with E-state index in [0.29, 0.717) is 28.0 Å². The lowest BCUT2D eigenvalue weighted by atomic mass is 10.1. The lowest BCUT2D eigenvalue weighted by Gasteiger charge is -2.08. The first-order chi connectivity index (χ1) is 9.08. The van der Waals surface area contributed by atoms with Gasteiger partial charge in [-0.25, -0.2) is 0 Å². The Morgan fingerprint density at radius 3 is 2.84 bits per heavy atom. The van der Waals surface area contributed by atoms with E-state index < -0.39 is 0 Å². The summed E-state index contributed by atoms with van der Waals surface area (Å²) in [7, 11) is 1.60. The van der Waals surface area contributed by atoms with Crippen LogP contribution in [0.4, 0.5) is 0 Å². The van der Waals surface area contributed by atoms with Gasteiger partial charge in [0, 0.05) is 12.1 Å². The summed E-state index contributed by atoms with van der Waals surface area (Å²) in [5.41, 5.74) is 2.16. The molecule has 0 aliphatic rings. The third-order valence-electron chi connectivity index (χ3n) is 2.98. The zero-order valence-electron chi connectivity index (χ0n) is 11.1. The Kier molecular flexibility index (Phi) is 4.04. The van der Waals surface area contributed by atoms with Gasteiger partial charge in [0.2, 0.25) is 5.78 Å². The number of carbonyl (C=O) groups excluding carboxylic acids is 1. The highest BCUT2D eigenvalue weighted by Crippen LogP contribution is 2.24. The Morgan fingerprint density at radius 1 is 1.47 bits per heavy atom. The first-order valence-corrected chi connectivity index (χ1v) is 6.78. The van der Waals surface area contributed by atoms with Crippen LogP contribution < -0.4 is 4.74 Å². The van der Waals surface area contributed by atoms with Crippen LogP contribution in [0.5, 0.6) is 5.75 Å². The average molecular weight is 323 g/mol. The minimum atomic E-state index is -0.0653. The molecule has 0 amide bonds. The Morgan fingerprint density at radius 2 is 2.21 bits per heavy atom. The summed E-state index contributed by atoms with van der Waals surface area (Å²) in [6, 6.07) is 5.45. The predicted molar refractivity (Wildman–Crippen MR) is 76.8 cm³/mol. The molecule has 1 aromatic heterocycles. The van der Waals surface area contributed by atoms with E-state index in [2.05, 4.69) is 21.0 Å². The van der Waals surface area contributed by atoms with Crippen molar-refractivity contribution in [3.05, 3.63) is 45.7 Å². The van der Waals surface area contributed by atoms with Crippen molar-refractivity contribution in [1.29, 1.82) is 0 Å². The summed E-state index contributed by atoms with van der Waals surface area (Å²) in [4.78, 5) is 12.5. The summed E-state index contributed by atoms with van der Waals surface area (Å²) < 4.78 is 7.64. The number of ketones is 1. The number of hydrogen-bond donors (Lipinski definition) is 0. The van der Waals surface area contributed by atoms with Crippen LogP contribution in [0, 0.1) is 6.92 Å². The number of ether oxygens (including phenoxy) is 1. The molecule has 0 bridgehead atoms. The molecule has 1 aromatic carbocycles. The molecular weight excluding hydrogens is 308 g/mol. The van der Waals surface area contributed by atoms with E-state index in [9.17, 15) is 4.79 Å². The first kappa shape index (κ1) is 13.8. The number of aromatic nitrogens is 2. The van der Waals surface area contributed by atoms with Crippen molar-refractivity contribution < 1.29 is 9.53 Å². The zero-order chi connectivity index (χ0) is 14.0. The van der Waals surface area contributed by atoms with Gasteiger partial charge in [-0.1, -0.05) is 12.1 Å². The highest BCUT2D eigenvalue weighted by atomic mass is 79.9. The molecule has 5 heteroatoms. The molecule has 4 nitrogen and oxygen atoms in total. The number of rotatable bonds is 4. The molecule has 0 aliphatic heterocycles. The van der Waals surface area contributed by atoms with Gasteiger partial charge >= 0.3 is 0 Å². The molecule has 19 heavy (non-hydrogen) atoms. The fourth-order valence-electron chi connectivity index (χ4n) is 1.93. The summed E-state index contributed by atoms with van der Waals surface area (Å²) in [6.45, 7) is 4.54. The van der Waals surface area contributed by atoms with Crippen LogP contribution in [0.2, 0.25) is 0 Å². The Hall–Kier alpha value is -1.62. The maximum atomic E-state index is 12.5. The van der Waals surface area contributed by atoms with E-state index in [4.69, 9.17) is 4.74 Å². The molecule has 0 unspecified atom stereocenters. The van der Waals surface area contributed by atoms with E-state index in [-0.39, 0.29) is 5.78 Å². The van der Waals surface area contributed by atoms with Gasteiger partial charge in [-0.05, 0) is 41.4 Å². The summed E-state index contributed by atoms with van der Waals surface area (Å²) in [5.74, 6) is 0.647. The fraction of sp³-hybridized carbons (Fsp3) is 0.286. The molecular formula is C14H15BrN2O2. The van der Waals surface area contributed by atoms with E-state index in [1.165, 1.54) is 0 Å². The Bertz CT molecular complexity index is 620. The largest absolute Gasteiger partial charge is 0.496 e. The lowest BCUT2D eigenvalue weighted by molar-refractivity contribution is 0.102. The average Bonchev–Trinajstić information content (AvgIpc) is 2.79. The topological polar surface area (TPSA) is 44.1 Å². The number of carbonyl (C=O) groups is 1. The first-order valence-electron chi connectivity index (χ1n) is 5.99. The molecule has 2 rings (SSSR count). The molecule has 2 aromatic rings. The molecule has 0 fully saturated rings. The quantitative estimate of drug-likeness (QED) is 0.812. The summed E-state index contributed by atoms with van der Waals surface area (Å²) in [6.07, 6.45) is 1.64. The van der Waals surface area contributed by atoms with Crippen molar-refractivity contribution in [3.8, 4) is 5.75 Å². The van der Waals surface area contributed by atoms with Crippen molar-refractivity contribution in [2.45, 2.75) is 20.4 Å². The van der Waals surface area contributed by atoms with Crippen LogP contribution in [0.15, 0.2) is 28.9 Å². The van der Waals surface area contributed by atoms with Crippen molar-refractivity contribution in [1.82, 2.24) is 9.78 Å². The van der Waals surface area contributed by atoms with Crippen LogP contribution >= 0.6 is 15.9 Å². The summed E-state index contributed by atoms with van der Waals surface area (Å²) in [5, 5.41) is 4.16. The van der Waals surface area contributed by atoms with Gasteiger partial charge < -0.3 is 4.74 Å². The Balaban J connectivity index is 2.47. The number of hydrogen-bond acceptors (Lipinski definition) is 3. The van der Waals surface area contributed by atoms with E-state index >= 15 is 0 Å². The van der Waals surface area contributed by atoms with Gasteiger partial charge in [-0.3, -0.25) is 9.48 Å². The van der Waals surface area contributed by atoms with E-state index in [0.717, 1.165) is 5.56 Å². The highest BCUT2D eigenvalue weighted by molar-refractivity contribution is 9.10. The highest BCUT2D eigenvalue weighted by Gasteiger charge is 2.19. The standard InChI is InChI=1S/C14H15BrN2O2/c1-4-17-13(11(15)8-16-17)14(18)10-6-5-9(2)12(7-10)19-3/h5-8H,4H2,1-3H3. The minimum absolute atomic E-state index is 0.0653. The number of nitrogens with zero attached hydrogens (tertiary/aromatic N) is 2. The Labute approximate surface area is 120 Å². The monoisotopic (exact) mass is 322 g/mol. The minimum Gasteiger partial charge on any atom is -0.496 e. The summed E-state index contributed by atoms with van der Waals surface area (Å²) >= 11 is 3.37. The fourth-order valence-corrected chi connectivity index (χ4v) is 2.40. The molecule has 100 valence electrons. The molecule has 0 saturated carbocycles. The van der Waals surface area contributed by atoms with Gasteiger partial charge in [0.25, 0.3) is 0 Å². The molecule has 0 atom stereocenters. The second kappa shape index (κ2) is 5.57. The predicted octanol–water partition coefficient (Wildman–Crippen LogP) is 3.21. The van der Waals surface area contributed by atoms with Crippen molar-refractivity contribution in [3.63, 3.8) is 0 Å². The number of methoxy groups -OCH3 is 1. The lowest BCUT2D eigenvalue weighted by Crippen LogP contribution is -2.11. The number of halogens is 1. The van der Waals surface area contributed by atoms with Crippen LogP contribution in [-0.4, -0.2) is 22.7 Å². The van der Waals surface area contributed by atoms with Gasteiger partial charge in [-0.2, -0.15) is 5.10 Å². The molecule has 0 saturated heterocycles. The molecule has 1 heterocycles. The second-order valence-corrected chi connectivity index (χ2v) is 5.02. The van der Waals surface area contributed by atoms with Crippen LogP contribution in [0.3, 0.4) is 0 Å². The molecule has 0 N–H and O–H groups in total. The normalized spacial score (nSPS) is 10.5. The van der Waals surface area contributed by atoms with Gasteiger partial charge in [0.15, 0.2) is 0 Å². The number of benzene rings is 1.